The molecule has 45 heavy (non-hydrogen) atoms. The lowest BCUT2D eigenvalue weighted by molar-refractivity contribution is -0.167. The minimum absolute atomic E-state index is 0.00375. The van der Waals surface area contributed by atoms with Gasteiger partial charge in [0.15, 0.2) is 10.8 Å². The molecule has 0 aliphatic carbocycles. The van der Waals surface area contributed by atoms with Crippen molar-refractivity contribution in [3.8, 4) is 0 Å². The Balaban J connectivity index is 1.47. The number of thiazole rings is 1. The second-order valence-electron chi connectivity index (χ2n) is 9.32. The average Bonchev–Trinajstić information content (AvgIpc) is 3.61. The maximum absolute atomic E-state index is 13.2. The number of aryl methyl sites for hydroxylation is 1. The van der Waals surface area contributed by atoms with Crippen LogP contribution in [0.1, 0.15) is 26.0 Å². The highest BCUT2D eigenvalue weighted by atomic mass is 32.2. The van der Waals surface area contributed by atoms with Gasteiger partial charge in [-0.3, -0.25) is 29.4 Å². The zero-order valence-electron chi connectivity index (χ0n) is 23.0. The van der Waals surface area contributed by atoms with Gasteiger partial charge in [-0.15, -0.1) is 28.2 Å². The van der Waals surface area contributed by atoms with Gasteiger partial charge in [-0.05, 0) is 29.8 Å². The van der Waals surface area contributed by atoms with Crippen molar-refractivity contribution in [3.63, 3.8) is 0 Å². The first-order chi connectivity index (χ1) is 21.2. The lowest BCUT2D eigenvalue weighted by Crippen LogP contribution is -2.71. The van der Waals surface area contributed by atoms with E-state index in [4.69, 9.17) is 9.94 Å². The van der Waals surface area contributed by atoms with E-state index in [2.05, 4.69) is 31.0 Å². The first kappa shape index (κ1) is 33.6. The number of alkyl halides is 3. The molecule has 17 nitrogen and oxygen atoms in total. The summed E-state index contributed by atoms with van der Waals surface area (Å²) in [7, 11) is 0. The molecule has 1 unspecified atom stereocenters. The normalized spacial score (nSPS) is 18.4. The molecule has 0 aromatic carbocycles. The Morgan fingerprint density at radius 2 is 2.00 bits per heavy atom. The van der Waals surface area contributed by atoms with E-state index in [9.17, 15) is 42.3 Å². The van der Waals surface area contributed by atoms with Gasteiger partial charge in [-0.2, -0.15) is 13.2 Å². The number of hydrogen-bond donors (Lipinski definition) is 4. The smallest absolute Gasteiger partial charge is 0.471 e. The van der Waals surface area contributed by atoms with Crippen LogP contribution in [0.15, 0.2) is 27.0 Å². The number of carboxylic acids is 2. The summed E-state index contributed by atoms with van der Waals surface area (Å²) in [5.74, 6) is -6.22. The molecule has 2 aromatic heterocycles. The number of nitrogens with zero attached hydrogens (tertiary/aromatic N) is 7. The molecule has 0 bridgehead atoms. The van der Waals surface area contributed by atoms with Crippen molar-refractivity contribution in [1.29, 1.82) is 0 Å². The van der Waals surface area contributed by atoms with Crippen LogP contribution in [0.2, 0.25) is 0 Å². The van der Waals surface area contributed by atoms with E-state index in [0.717, 1.165) is 22.0 Å². The number of rotatable bonds is 13. The number of aromatic nitrogens is 5. The molecule has 4 heterocycles. The van der Waals surface area contributed by atoms with Gasteiger partial charge in [0.1, 0.15) is 28.9 Å². The maximum atomic E-state index is 13.2. The van der Waals surface area contributed by atoms with Crippen LogP contribution in [-0.4, -0.2) is 111 Å². The van der Waals surface area contributed by atoms with Crippen LogP contribution < -0.4 is 10.6 Å². The van der Waals surface area contributed by atoms with Gasteiger partial charge in [0, 0.05) is 16.9 Å². The van der Waals surface area contributed by atoms with Crippen molar-refractivity contribution < 1.29 is 52.2 Å². The third kappa shape index (κ3) is 7.89. The zero-order chi connectivity index (χ0) is 33.1. The summed E-state index contributed by atoms with van der Waals surface area (Å²) in [6.45, 7) is 3.18. The van der Waals surface area contributed by atoms with E-state index in [1.165, 1.54) is 16.4 Å². The SMILES string of the molecule is CC(C)O/N=C(\C(=O)NC1C(=O)N2C(C(=O)O)=C(CSc3nnnn3CCC(=O)O)CS[C@H]12)c1csc(NC(=O)C(F)(F)F)n1. The summed E-state index contributed by atoms with van der Waals surface area (Å²) in [6.07, 6.45) is -5.93. The number of anilines is 1. The molecule has 1 saturated heterocycles. The highest BCUT2D eigenvalue weighted by Crippen LogP contribution is 2.41. The molecule has 0 saturated carbocycles. The molecule has 3 amide bonds. The fraction of sp³-hybridized carbons (Fsp3) is 0.455. The minimum atomic E-state index is -5.17. The molecule has 4 N–H and O–H groups in total. The van der Waals surface area contributed by atoms with Crippen molar-refractivity contribution in [2.24, 2.45) is 5.16 Å². The summed E-state index contributed by atoms with van der Waals surface area (Å²) in [5, 5.41) is 37.8. The summed E-state index contributed by atoms with van der Waals surface area (Å²) in [5.41, 5.74) is -0.658. The maximum Gasteiger partial charge on any atom is 0.471 e. The van der Waals surface area contributed by atoms with Crippen molar-refractivity contribution >= 4 is 75.4 Å². The fourth-order valence-corrected chi connectivity index (χ4v) is 6.85. The topological polar surface area (TPSA) is 231 Å². The Labute approximate surface area is 262 Å². The Bertz CT molecular complexity index is 1580. The first-order valence-corrected chi connectivity index (χ1v) is 15.5. The predicted octanol–water partition coefficient (Wildman–Crippen LogP) is 0.765. The monoisotopic (exact) mass is 693 g/mol. The molecular formula is C22H22F3N9O8S3. The summed E-state index contributed by atoms with van der Waals surface area (Å²) < 4.78 is 39.1. The fourth-order valence-electron chi connectivity index (χ4n) is 3.77. The van der Waals surface area contributed by atoms with Gasteiger partial charge < -0.3 is 20.4 Å². The molecule has 4 rings (SSSR count). The van der Waals surface area contributed by atoms with Crippen LogP contribution in [-0.2, 0) is 35.4 Å². The van der Waals surface area contributed by atoms with Crippen molar-refractivity contribution in [3.05, 3.63) is 22.3 Å². The standard InChI is InChI=1S/C22H22F3N9O8S3/c1-8(2)42-30-12(10-7-44-20(26-10)28-19(41)22(23,24)25)15(37)27-13-16(38)34-14(18(39)40)9(5-43-17(13)34)6-45-21-29-31-32-33(21)4-3-11(35)36/h7-8,13,17H,3-6H2,1-2H3,(H,27,37)(H,35,36)(H,39,40)(H,26,28,41)/b30-12-/t13?,17-/m1/s1. The number of β-lactam (4-membered cyclic amide) rings is 1. The van der Waals surface area contributed by atoms with Gasteiger partial charge in [0.25, 0.3) is 11.8 Å². The molecule has 242 valence electrons. The van der Waals surface area contributed by atoms with Gasteiger partial charge in [-0.25, -0.2) is 14.5 Å². The second-order valence-corrected chi connectivity index (χ2v) is 12.2. The zero-order valence-corrected chi connectivity index (χ0v) is 25.4. The van der Waals surface area contributed by atoms with Crippen LogP contribution in [0.25, 0.3) is 0 Å². The number of halogens is 3. The predicted molar refractivity (Wildman–Crippen MR) is 150 cm³/mol. The van der Waals surface area contributed by atoms with Crippen LogP contribution in [0, 0.1) is 0 Å². The van der Waals surface area contributed by atoms with Gasteiger partial charge in [0.05, 0.1) is 13.0 Å². The van der Waals surface area contributed by atoms with Crippen LogP contribution in [0.3, 0.4) is 0 Å². The summed E-state index contributed by atoms with van der Waals surface area (Å²) >= 11 is 2.82. The number of hydrogen-bond acceptors (Lipinski definition) is 14. The quantitative estimate of drug-likeness (QED) is 0.0983. The summed E-state index contributed by atoms with van der Waals surface area (Å²) in [6, 6.07) is -1.19. The van der Waals surface area contributed by atoms with Gasteiger partial charge in [-0.1, -0.05) is 16.9 Å². The number of oxime groups is 1. The number of carbonyl (C=O) groups excluding carboxylic acids is 3. The Morgan fingerprint density at radius 3 is 2.64 bits per heavy atom. The van der Waals surface area contributed by atoms with Gasteiger partial charge >= 0.3 is 24.0 Å². The van der Waals surface area contributed by atoms with Crippen molar-refractivity contribution in [2.45, 2.75) is 55.7 Å². The molecule has 2 aromatic rings. The molecule has 1 fully saturated rings. The lowest BCUT2D eigenvalue weighted by Gasteiger charge is -2.49. The third-order valence-electron chi connectivity index (χ3n) is 5.74. The highest BCUT2D eigenvalue weighted by molar-refractivity contribution is 8.01. The highest BCUT2D eigenvalue weighted by Gasteiger charge is 2.54. The lowest BCUT2D eigenvalue weighted by atomic mass is 10.0. The van der Waals surface area contributed by atoms with E-state index in [1.807, 2.05) is 0 Å². The molecule has 0 spiro atoms. The Morgan fingerprint density at radius 1 is 1.27 bits per heavy atom. The van der Waals surface area contributed by atoms with E-state index in [0.29, 0.717) is 16.9 Å². The van der Waals surface area contributed by atoms with Crippen LogP contribution in [0.4, 0.5) is 18.3 Å². The largest absolute Gasteiger partial charge is 0.481 e. The Hall–Kier alpha value is -4.25. The third-order valence-corrected chi connectivity index (χ3v) is 8.88. The molecule has 2 atom stereocenters. The number of fused-ring (bicyclic) bond motifs is 1. The van der Waals surface area contributed by atoms with Crippen LogP contribution in [0.5, 0.6) is 0 Å². The van der Waals surface area contributed by atoms with Gasteiger partial charge in [0.2, 0.25) is 5.16 Å². The number of nitrogens with one attached hydrogen (secondary N) is 2. The van der Waals surface area contributed by atoms with E-state index in [-0.39, 0.29) is 41.0 Å². The second kappa shape index (κ2) is 13.8. The van der Waals surface area contributed by atoms with E-state index < -0.39 is 64.2 Å². The Kier molecular flexibility index (Phi) is 10.3. The number of aliphatic carboxylic acids is 2. The number of tetrazole rings is 1. The van der Waals surface area contributed by atoms with E-state index >= 15 is 0 Å². The average molecular weight is 694 g/mol. The number of carboxylic acid groups (broad SMARTS) is 2. The van der Waals surface area contributed by atoms with E-state index in [1.54, 1.807) is 19.2 Å². The minimum Gasteiger partial charge on any atom is -0.481 e. The number of carbonyl (C=O) groups is 5. The summed E-state index contributed by atoms with van der Waals surface area (Å²) in [4.78, 5) is 70.7. The molecule has 2 aliphatic rings. The van der Waals surface area contributed by atoms with Crippen molar-refractivity contribution in [2.75, 3.05) is 16.8 Å². The number of amides is 3. The van der Waals surface area contributed by atoms with Crippen LogP contribution >= 0.6 is 34.9 Å². The van der Waals surface area contributed by atoms with Crippen molar-refractivity contribution in [1.82, 2.24) is 35.4 Å². The first-order valence-electron chi connectivity index (χ1n) is 12.6. The molecule has 2 aliphatic heterocycles. The number of thioether (sulfide) groups is 2. The molecule has 0 radical (unpaired) electrons. The molecule has 23 heteroatoms. The molecular weight excluding hydrogens is 671 g/mol.